The number of amides is 1. The Balaban J connectivity index is 1.34. The van der Waals surface area contributed by atoms with Gasteiger partial charge >= 0.3 is 0 Å². The van der Waals surface area contributed by atoms with E-state index in [4.69, 9.17) is 9.47 Å². The van der Waals surface area contributed by atoms with Crippen LogP contribution in [0.3, 0.4) is 0 Å². The Hall–Kier alpha value is -3.28. The van der Waals surface area contributed by atoms with Gasteiger partial charge in [0, 0.05) is 36.6 Å². The number of para-hydroxylation sites is 1. The molecule has 202 valence electrons. The molecule has 2 aliphatic rings. The molecule has 6 heteroatoms. The van der Waals surface area contributed by atoms with Crippen molar-refractivity contribution in [1.29, 1.82) is 0 Å². The zero-order chi connectivity index (χ0) is 26.5. The summed E-state index contributed by atoms with van der Waals surface area (Å²) < 4.78 is 13.6. The molecule has 6 nitrogen and oxygen atoms in total. The highest BCUT2D eigenvalue weighted by molar-refractivity contribution is 5.92. The molecule has 1 aromatic heterocycles. The number of carbonyl (C=O) groups excluding carboxylic acids is 1. The van der Waals surface area contributed by atoms with E-state index in [9.17, 15) is 4.79 Å². The predicted octanol–water partition coefficient (Wildman–Crippen LogP) is 7.43. The zero-order valence-corrected chi connectivity index (χ0v) is 23.0. The molecule has 1 amide bonds. The van der Waals surface area contributed by atoms with E-state index in [1.807, 2.05) is 29.2 Å². The number of nitrogens with zero attached hydrogens (tertiary/aromatic N) is 2. The molecule has 2 heterocycles. The normalized spacial score (nSPS) is 16.1. The zero-order valence-electron chi connectivity index (χ0n) is 23.0. The number of imidazole rings is 1. The highest BCUT2D eigenvalue weighted by atomic mass is 16.7. The average Bonchev–Trinajstić information content (AvgIpc) is 3.65. The van der Waals surface area contributed by atoms with Crippen molar-refractivity contribution >= 4 is 11.6 Å². The first kappa shape index (κ1) is 26.3. The van der Waals surface area contributed by atoms with Crippen molar-refractivity contribution in [1.82, 2.24) is 9.55 Å². The van der Waals surface area contributed by atoms with Gasteiger partial charge in [-0.05, 0) is 46.9 Å². The quantitative estimate of drug-likeness (QED) is 0.305. The SMILES string of the molecule is CC(C)(C)c1ccc(Cn2ccnc2)cc1NC(=O)CC(CCCC1CCCC1)c1cccc2c1OCO2. The molecule has 2 aromatic carbocycles. The summed E-state index contributed by atoms with van der Waals surface area (Å²) in [7, 11) is 0. The Morgan fingerprint density at radius 2 is 2.00 bits per heavy atom. The third kappa shape index (κ3) is 6.40. The number of aromatic nitrogens is 2. The van der Waals surface area contributed by atoms with Crippen LogP contribution in [0.2, 0.25) is 0 Å². The molecule has 0 radical (unpaired) electrons. The molecule has 1 aliphatic heterocycles. The smallest absolute Gasteiger partial charge is 0.231 e. The third-order valence-corrected chi connectivity index (χ3v) is 8.03. The summed E-state index contributed by atoms with van der Waals surface area (Å²) in [5.41, 5.74) is 4.15. The number of ether oxygens (including phenoxy) is 2. The molecule has 0 bridgehead atoms. The fraction of sp³-hybridized carbons (Fsp3) is 0.500. The van der Waals surface area contributed by atoms with Crippen molar-refractivity contribution in [3.8, 4) is 11.5 Å². The van der Waals surface area contributed by atoms with E-state index in [1.54, 1.807) is 6.20 Å². The Bertz CT molecular complexity index is 1220. The van der Waals surface area contributed by atoms with E-state index in [0.29, 0.717) is 13.0 Å². The van der Waals surface area contributed by atoms with Crippen LogP contribution in [0.5, 0.6) is 11.5 Å². The minimum atomic E-state index is -0.0950. The summed E-state index contributed by atoms with van der Waals surface area (Å²) >= 11 is 0. The number of carbonyl (C=O) groups is 1. The van der Waals surface area contributed by atoms with E-state index in [-0.39, 0.29) is 24.0 Å². The molecule has 1 N–H and O–H groups in total. The van der Waals surface area contributed by atoms with E-state index < -0.39 is 0 Å². The maximum Gasteiger partial charge on any atom is 0.231 e. The van der Waals surface area contributed by atoms with Crippen molar-refractivity contribution in [2.24, 2.45) is 5.92 Å². The highest BCUT2D eigenvalue weighted by Crippen LogP contribution is 2.42. The molecular formula is C32H41N3O3. The molecule has 38 heavy (non-hydrogen) atoms. The minimum Gasteiger partial charge on any atom is -0.454 e. The summed E-state index contributed by atoms with van der Waals surface area (Å²) in [5, 5.41) is 3.30. The van der Waals surface area contributed by atoms with Gasteiger partial charge in [0.05, 0.1) is 6.33 Å². The molecule has 1 fully saturated rings. The third-order valence-electron chi connectivity index (χ3n) is 8.03. The Morgan fingerprint density at radius 3 is 2.76 bits per heavy atom. The van der Waals surface area contributed by atoms with Crippen LogP contribution < -0.4 is 14.8 Å². The first-order valence-electron chi connectivity index (χ1n) is 14.1. The summed E-state index contributed by atoms with van der Waals surface area (Å²) in [6.45, 7) is 7.51. The average molecular weight is 516 g/mol. The van der Waals surface area contributed by atoms with Gasteiger partial charge in [0.15, 0.2) is 11.5 Å². The number of hydrogen-bond acceptors (Lipinski definition) is 4. The molecule has 3 aromatic rings. The van der Waals surface area contributed by atoms with Gasteiger partial charge in [-0.1, -0.05) is 83.6 Å². The van der Waals surface area contributed by atoms with E-state index in [2.05, 4.69) is 55.3 Å². The lowest BCUT2D eigenvalue weighted by Crippen LogP contribution is -2.21. The van der Waals surface area contributed by atoms with Crippen LogP contribution in [0.25, 0.3) is 0 Å². The van der Waals surface area contributed by atoms with Crippen LogP contribution >= 0.6 is 0 Å². The number of fused-ring (bicyclic) bond motifs is 1. The van der Waals surface area contributed by atoms with Gasteiger partial charge in [-0.2, -0.15) is 0 Å². The van der Waals surface area contributed by atoms with E-state index in [0.717, 1.165) is 52.6 Å². The molecule has 1 saturated carbocycles. The Labute approximate surface area is 226 Å². The van der Waals surface area contributed by atoms with Gasteiger partial charge in [0.25, 0.3) is 0 Å². The van der Waals surface area contributed by atoms with Crippen molar-refractivity contribution in [3.63, 3.8) is 0 Å². The van der Waals surface area contributed by atoms with Crippen LogP contribution in [0.15, 0.2) is 55.1 Å². The largest absolute Gasteiger partial charge is 0.454 e. The summed E-state index contributed by atoms with van der Waals surface area (Å²) in [4.78, 5) is 17.8. The van der Waals surface area contributed by atoms with Gasteiger partial charge in [0.2, 0.25) is 12.7 Å². The van der Waals surface area contributed by atoms with E-state index in [1.165, 1.54) is 32.1 Å². The van der Waals surface area contributed by atoms with Crippen LogP contribution in [0.1, 0.15) is 94.7 Å². The van der Waals surface area contributed by atoms with Crippen LogP contribution in [-0.2, 0) is 16.8 Å². The molecule has 1 atom stereocenters. The Morgan fingerprint density at radius 1 is 1.16 bits per heavy atom. The lowest BCUT2D eigenvalue weighted by atomic mass is 9.84. The predicted molar refractivity (Wildman–Crippen MR) is 151 cm³/mol. The number of benzene rings is 2. The number of nitrogens with one attached hydrogen (secondary N) is 1. The topological polar surface area (TPSA) is 65.4 Å². The second-order valence-corrected chi connectivity index (χ2v) is 12.0. The lowest BCUT2D eigenvalue weighted by molar-refractivity contribution is -0.116. The minimum absolute atomic E-state index is 0.0395. The van der Waals surface area contributed by atoms with Crippen molar-refractivity contribution in [3.05, 3.63) is 71.8 Å². The van der Waals surface area contributed by atoms with E-state index >= 15 is 0 Å². The van der Waals surface area contributed by atoms with Crippen molar-refractivity contribution in [2.75, 3.05) is 12.1 Å². The fourth-order valence-corrected chi connectivity index (χ4v) is 6.06. The van der Waals surface area contributed by atoms with Gasteiger partial charge in [-0.3, -0.25) is 4.79 Å². The van der Waals surface area contributed by atoms with Gasteiger partial charge in [-0.15, -0.1) is 0 Å². The maximum atomic E-state index is 13.6. The standard InChI is InChI=1S/C32H41N3O3/c1-32(2,3)27-15-14-24(20-35-17-16-33-21-35)18-28(27)34-30(36)19-25(11-6-10-23-8-4-5-9-23)26-12-7-13-29-31(26)38-22-37-29/h7,12-18,21,23,25H,4-6,8-11,19-20,22H2,1-3H3,(H,34,36). The lowest BCUT2D eigenvalue weighted by Gasteiger charge is -2.25. The summed E-state index contributed by atoms with van der Waals surface area (Å²) in [5.74, 6) is 2.56. The maximum absolute atomic E-state index is 13.6. The number of anilines is 1. The second-order valence-electron chi connectivity index (χ2n) is 12.0. The fourth-order valence-electron chi connectivity index (χ4n) is 6.06. The molecule has 0 spiro atoms. The highest BCUT2D eigenvalue weighted by Gasteiger charge is 2.27. The van der Waals surface area contributed by atoms with Gasteiger partial charge < -0.3 is 19.4 Å². The van der Waals surface area contributed by atoms with Gasteiger partial charge in [0.1, 0.15) is 0 Å². The van der Waals surface area contributed by atoms with Crippen LogP contribution in [0.4, 0.5) is 5.69 Å². The Kier molecular flexibility index (Phi) is 8.06. The number of rotatable bonds is 10. The molecule has 1 unspecified atom stereocenters. The molecule has 5 rings (SSSR count). The van der Waals surface area contributed by atoms with Crippen molar-refractivity contribution < 1.29 is 14.3 Å². The summed E-state index contributed by atoms with van der Waals surface area (Å²) in [6.07, 6.45) is 14.8. The number of hydrogen-bond donors (Lipinski definition) is 1. The van der Waals surface area contributed by atoms with Crippen molar-refractivity contribution in [2.45, 2.75) is 90.0 Å². The molecular weight excluding hydrogens is 474 g/mol. The first-order chi connectivity index (χ1) is 18.4. The van der Waals surface area contributed by atoms with Crippen LogP contribution in [0, 0.1) is 5.92 Å². The molecule has 0 saturated heterocycles. The molecule has 1 aliphatic carbocycles. The second kappa shape index (κ2) is 11.6. The van der Waals surface area contributed by atoms with Crippen LogP contribution in [-0.4, -0.2) is 22.3 Å². The monoisotopic (exact) mass is 515 g/mol. The summed E-state index contributed by atoms with van der Waals surface area (Å²) in [6, 6.07) is 12.5. The first-order valence-corrected chi connectivity index (χ1v) is 14.1. The van der Waals surface area contributed by atoms with Gasteiger partial charge in [-0.25, -0.2) is 4.98 Å².